The second-order valence-electron chi connectivity index (χ2n) is 13.3. The lowest BCUT2D eigenvalue weighted by atomic mass is 9.45. The maximum absolute atomic E-state index is 11.4. The molecule has 1 spiro atoms. The monoisotopic (exact) mass is 412 g/mol. The Morgan fingerprint density at radius 1 is 1.03 bits per heavy atom. The average Bonchev–Trinajstić information content (AvgIpc) is 3.22. The van der Waals surface area contributed by atoms with Crippen molar-refractivity contribution in [1.82, 2.24) is 0 Å². The number of rotatable bonds is 5. The smallest absolute Gasteiger partial charge is 0.0607 e. The Morgan fingerprint density at radius 3 is 2.47 bits per heavy atom. The van der Waals surface area contributed by atoms with Gasteiger partial charge in [0, 0.05) is 5.41 Å². The van der Waals surface area contributed by atoms with Crippen LogP contribution in [0.2, 0.25) is 0 Å². The third kappa shape index (κ3) is 2.69. The van der Waals surface area contributed by atoms with E-state index >= 15 is 0 Å². The molecule has 0 radical (unpaired) electrons. The van der Waals surface area contributed by atoms with E-state index in [2.05, 4.69) is 47.6 Å². The summed E-state index contributed by atoms with van der Waals surface area (Å²) < 4.78 is 0. The molecule has 5 rings (SSSR count). The Hall–Kier alpha value is -0.300. The molecular weight excluding hydrogens is 364 g/mol. The first-order valence-corrected chi connectivity index (χ1v) is 13.5. The zero-order valence-corrected chi connectivity index (χ0v) is 20.7. The number of hydrogen-bond donors (Lipinski definition) is 1. The van der Waals surface area contributed by atoms with Crippen LogP contribution in [-0.2, 0) is 0 Å². The van der Waals surface area contributed by atoms with Crippen molar-refractivity contribution in [1.29, 1.82) is 0 Å². The third-order valence-corrected chi connectivity index (χ3v) is 12.3. The minimum Gasteiger partial charge on any atom is -0.393 e. The maximum Gasteiger partial charge on any atom is 0.0607 e. The van der Waals surface area contributed by atoms with Crippen LogP contribution in [0, 0.1) is 57.7 Å². The van der Waals surface area contributed by atoms with Crippen molar-refractivity contribution < 1.29 is 5.11 Å². The van der Waals surface area contributed by atoms with Crippen molar-refractivity contribution in [2.75, 3.05) is 0 Å². The van der Waals surface area contributed by atoms with Crippen molar-refractivity contribution in [3.8, 4) is 0 Å². The van der Waals surface area contributed by atoms with Gasteiger partial charge >= 0.3 is 0 Å². The van der Waals surface area contributed by atoms with E-state index < -0.39 is 0 Å². The van der Waals surface area contributed by atoms with Crippen molar-refractivity contribution >= 4 is 0 Å². The molecule has 0 aromatic heterocycles. The molecule has 0 aliphatic heterocycles. The fraction of sp³-hybridized carbons (Fsp3) is 0.931. The first kappa shape index (κ1) is 21.5. The molecule has 0 bridgehead atoms. The van der Waals surface area contributed by atoms with E-state index in [0.29, 0.717) is 22.2 Å². The van der Waals surface area contributed by atoms with Crippen LogP contribution >= 0.6 is 0 Å². The highest BCUT2D eigenvalue weighted by Gasteiger charge is 2.77. The molecule has 1 heteroatoms. The van der Waals surface area contributed by atoms with Gasteiger partial charge in [0.25, 0.3) is 0 Å². The molecule has 10 atom stereocenters. The van der Waals surface area contributed by atoms with Gasteiger partial charge in [-0.2, -0.15) is 0 Å². The molecule has 5 aliphatic rings. The van der Waals surface area contributed by atoms with Gasteiger partial charge in [-0.1, -0.05) is 46.3 Å². The summed E-state index contributed by atoms with van der Waals surface area (Å²) in [5.74, 6) is 5.86. The number of aliphatic hydroxyl groups is 1. The largest absolute Gasteiger partial charge is 0.393 e. The molecule has 0 aromatic rings. The predicted molar refractivity (Wildman–Crippen MR) is 126 cm³/mol. The Labute approximate surface area is 186 Å². The average molecular weight is 413 g/mol. The summed E-state index contributed by atoms with van der Waals surface area (Å²) >= 11 is 0. The van der Waals surface area contributed by atoms with Gasteiger partial charge in [0.05, 0.1) is 6.10 Å². The fourth-order valence-electron chi connectivity index (χ4n) is 10.6. The molecule has 5 aliphatic carbocycles. The molecule has 30 heavy (non-hydrogen) atoms. The van der Waals surface area contributed by atoms with E-state index in [0.717, 1.165) is 41.9 Å². The Bertz CT molecular complexity index is 707. The summed E-state index contributed by atoms with van der Waals surface area (Å²) in [5.41, 5.74) is 2.96. The van der Waals surface area contributed by atoms with Gasteiger partial charge in [-0.15, -0.1) is 0 Å². The van der Waals surface area contributed by atoms with E-state index in [9.17, 15) is 5.11 Å². The molecule has 0 amide bonds. The zero-order valence-electron chi connectivity index (χ0n) is 20.7. The summed E-state index contributed by atoms with van der Waals surface area (Å²) in [6.07, 6.45) is 16.1. The van der Waals surface area contributed by atoms with Gasteiger partial charge in [0.15, 0.2) is 0 Å². The first-order valence-electron chi connectivity index (χ1n) is 13.5. The van der Waals surface area contributed by atoms with Crippen LogP contribution in [0.25, 0.3) is 0 Å². The van der Waals surface area contributed by atoms with Crippen LogP contribution in [0.3, 0.4) is 0 Å². The van der Waals surface area contributed by atoms with Crippen LogP contribution in [-0.4, -0.2) is 11.2 Å². The highest BCUT2D eigenvalue weighted by molar-refractivity contribution is 5.25. The molecule has 0 saturated heterocycles. The molecule has 0 aromatic carbocycles. The van der Waals surface area contributed by atoms with Crippen molar-refractivity contribution in [3.05, 3.63) is 11.6 Å². The van der Waals surface area contributed by atoms with E-state index in [1.54, 1.807) is 5.57 Å². The summed E-state index contributed by atoms with van der Waals surface area (Å²) in [5, 5.41) is 11.4. The lowest BCUT2D eigenvalue weighted by Crippen LogP contribution is -2.56. The molecule has 170 valence electrons. The molecule has 5 saturated carbocycles. The summed E-state index contributed by atoms with van der Waals surface area (Å²) in [6, 6.07) is 0. The summed E-state index contributed by atoms with van der Waals surface area (Å²) in [4.78, 5) is 0. The van der Waals surface area contributed by atoms with Crippen LogP contribution < -0.4 is 0 Å². The minimum absolute atomic E-state index is 0.00151. The normalized spacial score (nSPS) is 53.1. The molecule has 0 unspecified atom stereocenters. The van der Waals surface area contributed by atoms with E-state index in [1.807, 2.05) is 0 Å². The van der Waals surface area contributed by atoms with Crippen LogP contribution in [0.15, 0.2) is 11.6 Å². The van der Waals surface area contributed by atoms with Gasteiger partial charge in [0.1, 0.15) is 0 Å². The molecule has 1 N–H and O–H groups in total. The number of aliphatic hydroxyl groups excluding tert-OH is 1. The summed E-state index contributed by atoms with van der Waals surface area (Å²) in [7, 11) is 0. The number of hydrogen-bond acceptors (Lipinski definition) is 1. The van der Waals surface area contributed by atoms with Crippen LogP contribution in [0.5, 0.6) is 0 Å². The van der Waals surface area contributed by atoms with Gasteiger partial charge in [0.2, 0.25) is 0 Å². The first-order chi connectivity index (χ1) is 14.2. The molecule has 0 heterocycles. The predicted octanol–water partition coefficient (Wildman–Crippen LogP) is 7.63. The van der Waals surface area contributed by atoms with Gasteiger partial charge in [-0.05, 0) is 123 Å². The number of allylic oxidation sites excluding steroid dienone is 2. The van der Waals surface area contributed by atoms with Gasteiger partial charge < -0.3 is 5.11 Å². The highest BCUT2D eigenvalue weighted by Crippen LogP contribution is 2.81. The zero-order chi connectivity index (χ0) is 21.5. The Kier molecular flexibility index (Phi) is 5.10. The SMILES string of the molecule is C/C=C(/CC[C@@H](C)[C@H]1CC[C@H]2[C@@H]3C[C@@H](O)[C@]45C[C@H]4CC[C@]5(C)[C@H]3CC[C@]12C)C(C)C. The highest BCUT2D eigenvalue weighted by atomic mass is 16.3. The van der Waals surface area contributed by atoms with Crippen molar-refractivity contribution in [2.24, 2.45) is 57.7 Å². The maximum atomic E-state index is 11.4. The van der Waals surface area contributed by atoms with E-state index in [1.165, 1.54) is 57.8 Å². The lowest BCUT2D eigenvalue weighted by Gasteiger charge is -2.60. The fourth-order valence-corrected chi connectivity index (χ4v) is 10.6. The lowest BCUT2D eigenvalue weighted by molar-refractivity contribution is -0.152. The molecule has 1 nitrogen and oxygen atoms in total. The Morgan fingerprint density at radius 2 is 1.80 bits per heavy atom. The van der Waals surface area contributed by atoms with E-state index in [4.69, 9.17) is 0 Å². The second kappa shape index (κ2) is 7.10. The molecule has 5 fully saturated rings. The molecular formula is C29H48O. The van der Waals surface area contributed by atoms with E-state index in [-0.39, 0.29) is 6.10 Å². The standard InChI is InChI=1S/C29H48O/c1-7-20(18(2)3)9-8-19(4)23-10-11-24-22-16-26(30)29-17-21(29)12-15-28(29,6)25(22)13-14-27(23,24)5/h7,18-19,21-26,30H,8-17H2,1-6H3/b20-7-/t19-,21-,22+,23-,24+,25+,26-,27-,28-,29+/m1/s1. The Balaban J connectivity index is 1.33. The van der Waals surface area contributed by atoms with Gasteiger partial charge in [-0.3, -0.25) is 0 Å². The third-order valence-electron chi connectivity index (χ3n) is 12.3. The number of fused-ring (bicyclic) bond motifs is 4. The van der Waals surface area contributed by atoms with Gasteiger partial charge in [-0.25, -0.2) is 0 Å². The van der Waals surface area contributed by atoms with Crippen molar-refractivity contribution in [2.45, 2.75) is 112 Å². The topological polar surface area (TPSA) is 20.2 Å². The van der Waals surface area contributed by atoms with Crippen LogP contribution in [0.1, 0.15) is 106 Å². The second-order valence-corrected chi connectivity index (χ2v) is 13.3. The van der Waals surface area contributed by atoms with Crippen LogP contribution in [0.4, 0.5) is 0 Å². The van der Waals surface area contributed by atoms with Crippen molar-refractivity contribution in [3.63, 3.8) is 0 Å². The quantitative estimate of drug-likeness (QED) is 0.460. The minimum atomic E-state index is -0.00151. The summed E-state index contributed by atoms with van der Waals surface area (Å²) in [6.45, 7) is 14.8.